The van der Waals surface area contributed by atoms with Crippen molar-refractivity contribution in [3.05, 3.63) is 17.5 Å². The van der Waals surface area contributed by atoms with Crippen molar-refractivity contribution < 1.29 is 9.59 Å². The number of rotatable bonds is 4. The van der Waals surface area contributed by atoms with Gasteiger partial charge in [0, 0.05) is 12.7 Å². The third-order valence-electron chi connectivity index (χ3n) is 2.74. The van der Waals surface area contributed by atoms with Gasteiger partial charge in [-0.05, 0) is 12.8 Å². The summed E-state index contributed by atoms with van der Waals surface area (Å²) in [6, 6.07) is -0.665. The summed E-state index contributed by atoms with van der Waals surface area (Å²) in [5.74, 6) is -0.906. The molecule has 17 heavy (non-hydrogen) atoms. The highest BCUT2D eigenvalue weighted by molar-refractivity contribution is 5.98. The molecule has 0 bridgehead atoms. The predicted octanol–water partition coefficient (Wildman–Crippen LogP) is -0.0318. The summed E-state index contributed by atoms with van der Waals surface area (Å²) in [7, 11) is 1.75. The fourth-order valence-corrected chi connectivity index (χ4v) is 1.51. The van der Waals surface area contributed by atoms with E-state index >= 15 is 0 Å². The Labute approximate surface area is 100 Å². The lowest BCUT2D eigenvalue weighted by molar-refractivity contribution is -0.120. The SMILES string of the molecule is Cc1c(C(=O)NC(C(N)=O)C(C)C)cnn1C. The largest absolute Gasteiger partial charge is 0.368 e. The molecule has 1 heterocycles. The first-order chi connectivity index (χ1) is 7.84. The monoisotopic (exact) mass is 238 g/mol. The van der Waals surface area contributed by atoms with Crippen molar-refractivity contribution in [1.82, 2.24) is 15.1 Å². The van der Waals surface area contributed by atoms with Crippen molar-refractivity contribution in [1.29, 1.82) is 0 Å². The van der Waals surface area contributed by atoms with Crippen molar-refractivity contribution in [2.75, 3.05) is 0 Å². The number of primary amides is 1. The van der Waals surface area contributed by atoms with Crippen LogP contribution in [0.1, 0.15) is 29.9 Å². The normalized spacial score (nSPS) is 12.5. The maximum atomic E-state index is 11.9. The van der Waals surface area contributed by atoms with Crippen molar-refractivity contribution in [3.63, 3.8) is 0 Å². The van der Waals surface area contributed by atoms with Gasteiger partial charge in [-0.3, -0.25) is 14.3 Å². The number of nitrogens with two attached hydrogens (primary N) is 1. The van der Waals surface area contributed by atoms with Gasteiger partial charge in [-0.25, -0.2) is 0 Å². The van der Waals surface area contributed by atoms with Crippen LogP contribution >= 0.6 is 0 Å². The Morgan fingerprint density at radius 3 is 2.41 bits per heavy atom. The molecule has 1 unspecified atom stereocenters. The first-order valence-electron chi connectivity index (χ1n) is 5.43. The first-order valence-corrected chi connectivity index (χ1v) is 5.43. The zero-order valence-electron chi connectivity index (χ0n) is 10.5. The van der Waals surface area contributed by atoms with E-state index in [1.165, 1.54) is 6.20 Å². The van der Waals surface area contributed by atoms with Crippen molar-refractivity contribution in [2.24, 2.45) is 18.7 Å². The van der Waals surface area contributed by atoms with E-state index in [0.29, 0.717) is 5.56 Å². The van der Waals surface area contributed by atoms with Gasteiger partial charge in [-0.1, -0.05) is 13.8 Å². The zero-order valence-corrected chi connectivity index (χ0v) is 10.5. The van der Waals surface area contributed by atoms with E-state index in [9.17, 15) is 9.59 Å². The Morgan fingerprint density at radius 2 is 2.06 bits per heavy atom. The minimum Gasteiger partial charge on any atom is -0.368 e. The number of amides is 2. The summed E-state index contributed by atoms with van der Waals surface area (Å²) in [5, 5.41) is 6.59. The minimum absolute atomic E-state index is 0.0478. The quantitative estimate of drug-likeness (QED) is 0.771. The van der Waals surface area contributed by atoms with Gasteiger partial charge in [0.05, 0.1) is 11.8 Å². The third kappa shape index (κ3) is 2.83. The van der Waals surface area contributed by atoms with Crippen LogP contribution in [0.15, 0.2) is 6.20 Å². The molecule has 0 spiro atoms. The van der Waals surface area contributed by atoms with Crippen LogP contribution in [0.3, 0.4) is 0 Å². The van der Waals surface area contributed by atoms with Crippen LogP contribution in [0, 0.1) is 12.8 Å². The Hall–Kier alpha value is -1.85. The molecule has 0 aliphatic heterocycles. The highest BCUT2D eigenvalue weighted by atomic mass is 16.2. The summed E-state index contributed by atoms with van der Waals surface area (Å²) < 4.78 is 1.60. The van der Waals surface area contributed by atoms with Crippen LogP contribution in [0.2, 0.25) is 0 Å². The average Bonchev–Trinajstić information content (AvgIpc) is 2.55. The van der Waals surface area contributed by atoms with E-state index in [2.05, 4.69) is 10.4 Å². The molecule has 0 aromatic carbocycles. The molecule has 0 fully saturated rings. The summed E-state index contributed by atoms with van der Waals surface area (Å²) in [6.07, 6.45) is 1.48. The Kier molecular flexibility index (Phi) is 3.88. The van der Waals surface area contributed by atoms with Crippen molar-refractivity contribution in [2.45, 2.75) is 26.8 Å². The second kappa shape index (κ2) is 4.99. The zero-order chi connectivity index (χ0) is 13.2. The van der Waals surface area contributed by atoms with Gasteiger partial charge in [0.2, 0.25) is 5.91 Å². The van der Waals surface area contributed by atoms with Crippen molar-refractivity contribution >= 4 is 11.8 Å². The van der Waals surface area contributed by atoms with E-state index in [-0.39, 0.29) is 11.8 Å². The number of nitrogens with zero attached hydrogens (tertiary/aromatic N) is 2. The number of carbonyl (C=O) groups excluding carboxylic acids is 2. The molecule has 1 aromatic rings. The molecule has 6 heteroatoms. The lowest BCUT2D eigenvalue weighted by Crippen LogP contribution is -2.47. The number of carbonyl (C=O) groups is 2. The molecule has 0 saturated carbocycles. The summed E-state index contributed by atoms with van der Waals surface area (Å²) in [6.45, 7) is 5.44. The van der Waals surface area contributed by atoms with Gasteiger partial charge < -0.3 is 11.1 Å². The lowest BCUT2D eigenvalue weighted by atomic mass is 10.0. The molecule has 0 aliphatic rings. The summed E-state index contributed by atoms with van der Waals surface area (Å²) in [4.78, 5) is 23.1. The predicted molar refractivity (Wildman–Crippen MR) is 63.2 cm³/mol. The molecule has 94 valence electrons. The van der Waals surface area contributed by atoms with Crippen LogP contribution in [-0.2, 0) is 11.8 Å². The molecule has 0 saturated heterocycles. The molecule has 0 radical (unpaired) electrons. The van der Waals surface area contributed by atoms with Crippen LogP contribution < -0.4 is 11.1 Å². The molecular formula is C11H18N4O2. The van der Waals surface area contributed by atoms with Gasteiger partial charge >= 0.3 is 0 Å². The first kappa shape index (κ1) is 13.2. The summed E-state index contributed by atoms with van der Waals surface area (Å²) >= 11 is 0. The fourth-order valence-electron chi connectivity index (χ4n) is 1.51. The Balaban J connectivity index is 2.85. The number of aryl methyl sites for hydroxylation is 1. The standard InChI is InChI=1S/C11H18N4O2/c1-6(2)9(10(12)16)14-11(17)8-5-13-15(4)7(8)3/h5-6,9H,1-4H3,(H2,12,16)(H,14,17). The molecule has 3 N–H and O–H groups in total. The average molecular weight is 238 g/mol. The number of hydrogen-bond donors (Lipinski definition) is 2. The van der Waals surface area contributed by atoms with Crippen LogP contribution in [0.4, 0.5) is 0 Å². The Bertz CT molecular complexity index is 437. The third-order valence-corrected chi connectivity index (χ3v) is 2.74. The van der Waals surface area contributed by atoms with E-state index in [0.717, 1.165) is 5.69 Å². The maximum Gasteiger partial charge on any atom is 0.255 e. The van der Waals surface area contributed by atoms with E-state index < -0.39 is 11.9 Å². The smallest absolute Gasteiger partial charge is 0.255 e. The van der Waals surface area contributed by atoms with E-state index in [1.54, 1.807) is 18.7 Å². The highest BCUT2D eigenvalue weighted by Crippen LogP contribution is 2.07. The van der Waals surface area contributed by atoms with Gasteiger partial charge in [0.1, 0.15) is 6.04 Å². The van der Waals surface area contributed by atoms with Crippen LogP contribution in [-0.4, -0.2) is 27.6 Å². The second-order valence-corrected chi connectivity index (χ2v) is 4.36. The molecule has 6 nitrogen and oxygen atoms in total. The molecule has 0 aliphatic carbocycles. The second-order valence-electron chi connectivity index (χ2n) is 4.36. The van der Waals surface area contributed by atoms with Crippen LogP contribution in [0.25, 0.3) is 0 Å². The maximum absolute atomic E-state index is 11.9. The van der Waals surface area contributed by atoms with E-state index in [1.807, 2.05) is 13.8 Å². The van der Waals surface area contributed by atoms with E-state index in [4.69, 9.17) is 5.73 Å². The molecular weight excluding hydrogens is 220 g/mol. The van der Waals surface area contributed by atoms with Crippen LogP contribution in [0.5, 0.6) is 0 Å². The highest BCUT2D eigenvalue weighted by Gasteiger charge is 2.23. The minimum atomic E-state index is -0.665. The fraction of sp³-hybridized carbons (Fsp3) is 0.545. The lowest BCUT2D eigenvalue weighted by Gasteiger charge is -2.18. The topological polar surface area (TPSA) is 90.0 Å². The number of hydrogen-bond acceptors (Lipinski definition) is 3. The van der Waals surface area contributed by atoms with Gasteiger partial charge in [0.25, 0.3) is 5.91 Å². The molecule has 1 atom stereocenters. The van der Waals surface area contributed by atoms with Crippen molar-refractivity contribution in [3.8, 4) is 0 Å². The Morgan fingerprint density at radius 1 is 1.47 bits per heavy atom. The number of aromatic nitrogens is 2. The van der Waals surface area contributed by atoms with Gasteiger partial charge in [0.15, 0.2) is 0 Å². The molecule has 2 amide bonds. The molecule has 1 rings (SSSR count). The summed E-state index contributed by atoms with van der Waals surface area (Å²) in [5.41, 5.74) is 6.44. The van der Waals surface area contributed by atoms with Gasteiger partial charge in [-0.2, -0.15) is 5.10 Å². The van der Waals surface area contributed by atoms with Gasteiger partial charge in [-0.15, -0.1) is 0 Å². The number of nitrogens with one attached hydrogen (secondary N) is 1. The molecule has 1 aromatic heterocycles.